The van der Waals surface area contributed by atoms with Crippen molar-refractivity contribution in [2.24, 2.45) is 0 Å². The number of nitrogen functional groups attached to an aromatic ring is 1. The SMILES string of the molecule is CC(=O)c1cc2ccc(N)nc2s1. The molecule has 0 aliphatic heterocycles. The summed E-state index contributed by atoms with van der Waals surface area (Å²) < 4.78 is 0. The third-order valence-electron chi connectivity index (χ3n) is 1.75. The van der Waals surface area contributed by atoms with E-state index in [0.29, 0.717) is 5.82 Å². The summed E-state index contributed by atoms with van der Waals surface area (Å²) in [5.41, 5.74) is 5.52. The fourth-order valence-electron chi connectivity index (χ4n) is 1.11. The van der Waals surface area contributed by atoms with Gasteiger partial charge in [0.15, 0.2) is 5.78 Å². The van der Waals surface area contributed by atoms with Crippen LogP contribution in [0.2, 0.25) is 0 Å². The summed E-state index contributed by atoms with van der Waals surface area (Å²) in [5.74, 6) is 0.561. The summed E-state index contributed by atoms with van der Waals surface area (Å²) >= 11 is 1.38. The van der Waals surface area contributed by atoms with Crippen LogP contribution in [0.5, 0.6) is 0 Å². The molecule has 2 aromatic heterocycles. The average Bonchev–Trinajstić information content (AvgIpc) is 2.46. The standard InChI is InChI=1S/C9H8N2OS/c1-5(12)7-4-6-2-3-8(10)11-9(6)13-7/h2-4H,1H3,(H2,10,11). The topological polar surface area (TPSA) is 56.0 Å². The summed E-state index contributed by atoms with van der Waals surface area (Å²) in [6, 6.07) is 5.45. The maximum atomic E-state index is 11.1. The molecule has 0 saturated carbocycles. The van der Waals surface area contributed by atoms with Crippen molar-refractivity contribution in [1.82, 2.24) is 4.98 Å². The largest absolute Gasteiger partial charge is 0.384 e. The number of Topliss-reactive ketones (excluding diaryl/α,β-unsaturated/α-hetero) is 1. The number of carbonyl (C=O) groups excluding carboxylic acids is 1. The van der Waals surface area contributed by atoms with Gasteiger partial charge in [-0.25, -0.2) is 4.98 Å². The second-order valence-electron chi connectivity index (χ2n) is 2.80. The zero-order chi connectivity index (χ0) is 9.42. The summed E-state index contributed by atoms with van der Waals surface area (Å²) in [7, 11) is 0. The number of nitrogens with two attached hydrogens (primary N) is 1. The molecule has 3 nitrogen and oxygen atoms in total. The molecular formula is C9H8N2OS. The lowest BCUT2D eigenvalue weighted by atomic mass is 10.3. The van der Waals surface area contributed by atoms with Crippen LogP contribution in [0.25, 0.3) is 10.2 Å². The van der Waals surface area contributed by atoms with Crippen molar-refractivity contribution >= 4 is 33.2 Å². The van der Waals surface area contributed by atoms with Gasteiger partial charge in [0, 0.05) is 5.39 Å². The van der Waals surface area contributed by atoms with Crippen molar-refractivity contribution in [3.63, 3.8) is 0 Å². The molecule has 0 radical (unpaired) electrons. The van der Waals surface area contributed by atoms with Gasteiger partial charge in [0.1, 0.15) is 10.6 Å². The van der Waals surface area contributed by atoms with E-state index in [1.807, 2.05) is 12.1 Å². The van der Waals surface area contributed by atoms with Crippen molar-refractivity contribution in [2.75, 3.05) is 5.73 Å². The first-order valence-electron chi connectivity index (χ1n) is 3.84. The highest BCUT2D eigenvalue weighted by molar-refractivity contribution is 7.20. The Kier molecular flexibility index (Phi) is 1.77. The Morgan fingerprint density at radius 2 is 2.31 bits per heavy atom. The highest BCUT2D eigenvalue weighted by atomic mass is 32.1. The van der Waals surface area contributed by atoms with Crippen molar-refractivity contribution in [1.29, 1.82) is 0 Å². The van der Waals surface area contributed by atoms with Gasteiger partial charge < -0.3 is 5.73 Å². The minimum Gasteiger partial charge on any atom is -0.384 e. The molecule has 2 aromatic rings. The van der Waals surface area contributed by atoms with Crippen LogP contribution in [-0.2, 0) is 0 Å². The van der Waals surface area contributed by atoms with E-state index in [-0.39, 0.29) is 5.78 Å². The summed E-state index contributed by atoms with van der Waals surface area (Å²) in [6.45, 7) is 1.55. The Balaban J connectivity index is 2.68. The molecule has 0 bridgehead atoms. The monoisotopic (exact) mass is 192 g/mol. The van der Waals surface area contributed by atoms with Crippen molar-refractivity contribution in [3.05, 3.63) is 23.1 Å². The highest BCUT2D eigenvalue weighted by Crippen LogP contribution is 2.24. The van der Waals surface area contributed by atoms with E-state index in [4.69, 9.17) is 5.73 Å². The van der Waals surface area contributed by atoms with E-state index in [9.17, 15) is 4.79 Å². The van der Waals surface area contributed by atoms with Gasteiger partial charge in [0.2, 0.25) is 0 Å². The van der Waals surface area contributed by atoms with Gasteiger partial charge in [-0.05, 0) is 25.1 Å². The van der Waals surface area contributed by atoms with Crippen LogP contribution >= 0.6 is 11.3 Å². The smallest absolute Gasteiger partial charge is 0.169 e. The van der Waals surface area contributed by atoms with Gasteiger partial charge in [0.05, 0.1) is 4.88 Å². The molecular weight excluding hydrogens is 184 g/mol. The van der Waals surface area contributed by atoms with Gasteiger partial charge in [-0.15, -0.1) is 11.3 Å². The molecule has 0 amide bonds. The third-order valence-corrected chi connectivity index (χ3v) is 2.90. The van der Waals surface area contributed by atoms with Gasteiger partial charge in [-0.3, -0.25) is 4.79 Å². The van der Waals surface area contributed by atoms with E-state index < -0.39 is 0 Å². The van der Waals surface area contributed by atoms with Crippen molar-refractivity contribution < 1.29 is 4.79 Å². The lowest BCUT2D eigenvalue weighted by Gasteiger charge is -1.89. The van der Waals surface area contributed by atoms with Crippen LogP contribution < -0.4 is 5.73 Å². The van der Waals surface area contributed by atoms with Crippen molar-refractivity contribution in [2.45, 2.75) is 6.92 Å². The minimum absolute atomic E-state index is 0.0709. The van der Waals surface area contributed by atoms with E-state index in [2.05, 4.69) is 4.98 Å². The third kappa shape index (κ3) is 1.40. The van der Waals surface area contributed by atoms with Gasteiger partial charge >= 0.3 is 0 Å². The normalized spacial score (nSPS) is 10.5. The molecule has 0 saturated heterocycles. The number of hydrogen-bond acceptors (Lipinski definition) is 4. The van der Waals surface area contributed by atoms with Crippen molar-refractivity contribution in [3.8, 4) is 0 Å². The fraction of sp³-hybridized carbons (Fsp3) is 0.111. The van der Waals surface area contributed by atoms with E-state index in [0.717, 1.165) is 15.1 Å². The van der Waals surface area contributed by atoms with Crippen LogP contribution in [0, 0.1) is 0 Å². The molecule has 66 valence electrons. The minimum atomic E-state index is 0.0709. The summed E-state index contributed by atoms with van der Waals surface area (Å²) in [6.07, 6.45) is 0. The number of aromatic nitrogens is 1. The number of anilines is 1. The molecule has 0 fully saturated rings. The Bertz CT molecular complexity index is 475. The molecule has 2 N–H and O–H groups in total. The Morgan fingerprint density at radius 3 is 3.00 bits per heavy atom. The first kappa shape index (κ1) is 8.19. The number of nitrogens with zero attached hydrogens (tertiary/aromatic N) is 1. The Labute approximate surface area is 79.2 Å². The van der Waals surface area contributed by atoms with Crippen LogP contribution in [-0.4, -0.2) is 10.8 Å². The molecule has 0 atom stereocenters. The molecule has 4 heteroatoms. The van der Waals surface area contributed by atoms with E-state index >= 15 is 0 Å². The summed E-state index contributed by atoms with van der Waals surface area (Å²) in [4.78, 5) is 16.7. The lowest BCUT2D eigenvalue weighted by Crippen LogP contribution is -1.86. The zero-order valence-corrected chi connectivity index (χ0v) is 7.89. The number of hydrogen-bond donors (Lipinski definition) is 1. The molecule has 0 aliphatic carbocycles. The quantitative estimate of drug-likeness (QED) is 0.704. The van der Waals surface area contributed by atoms with Gasteiger partial charge in [-0.1, -0.05) is 0 Å². The number of ketones is 1. The number of rotatable bonds is 1. The highest BCUT2D eigenvalue weighted by Gasteiger charge is 2.06. The zero-order valence-electron chi connectivity index (χ0n) is 7.07. The molecule has 0 aliphatic rings. The van der Waals surface area contributed by atoms with Crippen LogP contribution in [0.15, 0.2) is 18.2 Å². The number of carbonyl (C=O) groups is 1. The maximum absolute atomic E-state index is 11.1. The number of thiophene rings is 1. The maximum Gasteiger partial charge on any atom is 0.169 e. The van der Waals surface area contributed by atoms with E-state index in [1.54, 1.807) is 13.0 Å². The van der Waals surface area contributed by atoms with Gasteiger partial charge in [0.25, 0.3) is 0 Å². The number of pyridine rings is 1. The Hall–Kier alpha value is -1.42. The second-order valence-corrected chi connectivity index (χ2v) is 3.83. The van der Waals surface area contributed by atoms with Crippen LogP contribution in [0.1, 0.15) is 16.6 Å². The Morgan fingerprint density at radius 1 is 1.54 bits per heavy atom. The average molecular weight is 192 g/mol. The first-order valence-corrected chi connectivity index (χ1v) is 4.65. The summed E-state index contributed by atoms with van der Waals surface area (Å²) in [5, 5.41) is 0.976. The predicted octanol–water partition coefficient (Wildman–Crippen LogP) is 2.08. The molecule has 2 heterocycles. The fourth-order valence-corrected chi connectivity index (χ4v) is 2.04. The first-order chi connectivity index (χ1) is 6.16. The van der Waals surface area contributed by atoms with Gasteiger partial charge in [-0.2, -0.15) is 0 Å². The van der Waals surface area contributed by atoms with Crippen LogP contribution in [0.4, 0.5) is 5.82 Å². The molecule has 0 spiro atoms. The molecule has 2 rings (SSSR count). The van der Waals surface area contributed by atoms with E-state index in [1.165, 1.54) is 11.3 Å². The number of fused-ring (bicyclic) bond motifs is 1. The van der Waals surface area contributed by atoms with Crippen LogP contribution in [0.3, 0.4) is 0 Å². The molecule has 0 unspecified atom stereocenters. The second kappa shape index (κ2) is 2.81. The predicted molar refractivity (Wildman–Crippen MR) is 54.0 cm³/mol. The lowest BCUT2D eigenvalue weighted by molar-refractivity contribution is 0.102. The molecule has 13 heavy (non-hydrogen) atoms. The molecule has 0 aromatic carbocycles.